The summed E-state index contributed by atoms with van der Waals surface area (Å²) in [6.07, 6.45) is 0.208. The van der Waals surface area contributed by atoms with Crippen LogP contribution in [0.25, 0.3) is 0 Å². The topological polar surface area (TPSA) is 78.8 Å². The van der Waals surface area contributed by atoms with E-state index in [9.17, 15) is 9.90 Å². The summed E-state index contributed by atoms with van der Waals surface area (Å²) in [4.78, 5) is 12.2. The third-order valence-corrected chi connectivity index (χ3v) is 10.6. The molecule has 0 spiro atoms. The molecule has 2 rings (SSSR count). The van der Waals surface area contributed by atoms with Crippen molar-refractivity contribution in [3.8, 4) is 0 Å². The molecule has 4 atom stereocenters. The van der Waals surface area contributed by atoms with Gasteiger partial charge in [0.15, 0.2) is 8.32 Å². The van der Waals surface area contributed by atoms with Crippen LogP contribution in [0.5, 0.6) is 0 Å². The molecule has 1 saturated heterocycles. The van der Waals surface area contributed by atoms with Gasteiger partial charge in [-0.15, -0.1) is 0 Å². The first-order valence-corrected chi connectivity index (χ1v) is 12.7. The Morgan fingerprint density at radius 1 is 1.30 bits per heavy atom. The number of amides is 1. The quantitative estimate of drug-likeness (QED) is 0.468. The van der Waals surface area contributed by atoms with E-state index in [0.717, 1.165) is 11.1 Å². The normalized spacial score (nSPS) is 22.7. The molecule has 27 heavy (non-hydrogen) atoms. The Hall–Kier alpha value is -1.21. The number of rotatable bonds is 8. The van der Waals surface area contributed by atoms with Gasteiger partial charge in [-0.3, -0.25) is 4.79 Å². The highest BCUT2D eigenvalue weighted by Crippen LogP contribution is 2.39. The van der Waals surface area contributed by atoms with E-state index in [4.69, 9.17) is 9.53 Å². The fourth-order valence-corrected chi connectivity index (χ4v) is 4.81. The van der Waals surface area contributed by atoms with Crippen LogP contribution in [-0.4, -0.2) is 43.2 Å². The molecule has 3 N–H and O–H groups in total. The fraction of sp³-hybridized carbons (Fsp3) is 0.667. The minimum Gasteiger partial charge on any atom is -0.413 e. The van der Waals surface area contributed by atoms with Crippen LogP contribution in [0.4, 0.5) is 0 Å². The smallest absolute Gasteiger partial charge is 0.228 e. The number of aliphatic hydroxyl groups is 2. The van der Waals surface area contributed by atoms with Gasteiger partial charge in [0.25, 0.3) is 0 Å². The molecular formula is C21H35NO4Si. The summed E-state index contributed by atoms with van der Waals surface area (Å²) in [5.74, 6) is -0.221. The van der Waals surface area contributed by atoms with Crippen molar-refractivity contribution in [3.05, 3.63) is 35.4 Å². The van der Waals surface area contributed by atoms with E-state index < -0.39 is 14.4 Å². The van der Waals surface area contributed by atoms with E-state index in [2.05, 4.69) is 39.2 Å². The molecule has 1 aliphatic rings. The molecule has 1 fully saturated rings. The summed E-state index contributed by atoms with van der Waals surface area (Å²) >= 11 is 0. The maximum absolute atomic E-state index is 12.2. The lowest BCUT2D eigenvalue weighted by molar-refractivity contribution is -0.141. The highest BCUT2D eigenvalue weighted by atomic mass is 28.4. The number of hydrogen-bond donors (Lipinski definition) is 3. The van der Waals surface area contributed by atoms with Crippen LogP contribution in [0.2, 0.25) is 18.1 Å². The van der Waals surface area contributed by atoms with Gasteiger partial charge in [0.1, 0.15) is 0 Å². The second-order valence-corrected chi connectivity index (χ2v) is 14.0. The summed E-state index contributed by atoms with van der Waals surface area (Å²) in [6.45, 7) is 13.0. The molecule has 0 radical (unpaired) electrons. The molecule has 0 bridgehead atoms. The van der Waals surface area contributed by atoms with Crippen molar-refractivity contribution < 1.29 is 19.4 Å². The van der Waals surface area contributed by atoms with Crippen molar-refractivity contribution in [1.29, 1.82) is 0 Å². The molecule has 1 aromatic rings. The van der Waals surface area contributed by atoms with Gasteiger partial charge in [0.05, 0.1) is 18.1 Å². The average Bonchev–Trinajstić information content (AvgIpc) is 2.52. The minimum absolute atomic E-state index is 0.00689. The van der Waals surface area contributed by atoms with Crippen molar-refractivity contribution in [2.75, 3.05) is 6.61 Å². The van der Waals surface area contributed by atoms with Gasteiger partial charge in [-0.1, -0.05) is 45.0 Å². The minimum atomic E-state index is -1.96. The number of hydrogen-bond acceptors (Lipinski definition) is 4. The number of carbonyl (C=O) groups excluding carboxylic acids is 1. The zero-order chi connectivity index (χ0) is 20.4. The summed E-state index contributed by atoms with van der Waals surface area (Å²) in [6, 6.07) is 7.55. The van der Waals surface area contributed by atoms with Crippen molar-refractivity contribution in [2.24, 2.45) is 5.92 Å². The zero-order valence-electron chi connectivity index (χ0n) is 17.5. The Bertz CT molecular complexity index is 656. The van der Waals surface area contributed by atoms with E-state index in [0.29, 0.717) is 12.8 Å². The van der Waals surface area contributed by atoms with Gasteiger partial charge in [0, 0.05) is 12.6 Å². The molecule has 1 aliphatic heterocycles. The molecular weight excluding hydrogens is 358 g/mol. The van der Waals surface area contributed by atoms with Crippen molar-refractivity contribution in [3.63, 3.8) is 0 Å². The number of nitrogens with one attached hydrogen (secondary N) is 1. The summed E-state index contributed by atoms with van der Waals surface area (Å²) in [7, 11) is -1.96. The first-order valence-electron chi connectivity index (χ1n) is 9.82. The highest BCUT2D eigenvalue weighted by Gasteiger charge is 2.47. The zero-order valence-corrected chi connectivity index (χ0v) is 18.5. The second-order valence-electron chi connectivity index (χ2n) is 9.19. The third kappa shape index (κ3) is 5.19. The van der Waals surface area contributed by atoms with E-state index >= 15 is 0 Å². The standard InChI is InChI=1S/C21H35NO4Si/c1-14(26-27(5,6)21(2,3)4)19-17(22-20(19)25)13-18(24)16-9-7-8-15(12-16)10-11-23/h7-9,12,14,17-19,23-24H,10-11,13H2,1-6H3,(H,22,25)/t14-,17-,18?,19-/m1/s1. The van der Waals surface area contributed by atoms with Crippen LogP contribution < -0.4 is 5.32 Å². The molecule has 0 aliphatic carbocycles. The van der Waals surface area contributed by atoms with Gasteiger partial charge in [0.2, 0.25) is 5.91 Å². The van der Waals surface area contributed by atoms with Crippen LogP contribution in [0, 0.1) is 5.92 Å². The number of carbonyl (C=O) groups is 1. The maximum Gasteiger partial charge on any atom is 0.228 e. The second kappa shape index (κ2) is 8.43. The molecule has 0 aromatic heterocycles. The lowest BCUT2D eigenvalue weighted by Crippen LogP contribution is -2.64. The molecule has 1 aromatic carbocycles. The van der Waals surface area contributed by atoms with Crippen molar-refractivity contribution in [2.45, 2.75) is 76.9 Å². The molecule has 1 amide bonds. The predicted molar refractivity (Wildman–Crippen MR) is 110 cm³/mol. The summed E-state index contributed by atoms with van der Waals surface area (Å²) in [5, 5.41) is 22.8. The van der Waals surface area contributed by atoms with E-state index in [1.165, 1.54) is 0 Å². The first kappa shape index (κ1) is 22.1. The van der Waals surface area contributed by atoms with Gasteiger partial charge in [-0.05, 0) is 49.0 Å². The Kier molecular flexibility index (Phi) is 6.89. The number of benzene rings is 1. The molecule has 1 unspecified atom stereocenters. The Labute approximate surface area is 164 Å². The number of aliphatic hydroxyl groups excluding tert-OH is 2. The van der Waals surface area contributed by atoms with Gasteiger partial charge >= 0.3 is 0 Å². The Morgan fingerprint density at radius 2 is 1.96 bits per heavy atom. The van der Waals surface area contributed by atoms with Crippen LogP contribution in [0.15, 0.2) is 24.3 Å². The average molecular weight is 394 g/mol. The van der Waals surface area contributed by atoms with Gasteiger partial charge in [-0.2, -0.15) is 0 Å². The van der Waals surface area contributed by atoms with Crippen LogP contribution >= 0.6 is 0 Å². The van der Waals surface area contributed by atoms with E-state index in [1.54, 1.807) is 0 Å². The first-order chi connectivity index (χ1) is 12.5. The van der Waals surface area contributed by atoms with E-state index in [-0.39, 0.29) is 35.6 Å². The maximum atomic E-state index is 12.2. The monoisotopic (exact) mass is 393 g/mol. The molecule has 1 heterocycles. The predicted octanol–water partition coefficient (Wildman–Crippen LogP) is 3.17. The summed E-state index contributed by atoms with van der Waals surface area (Å²) in [5.41, 5.74) is 1.82. The van der Waals surface area contributed by atoms with Gasteiger partial charge in [-0.25, -0.2) is 0 Å². The third-order valence-electron chi connectivity index (χ3n) is 6.07. The lowest BCUT2D eigenvalue weighted by Gasteiger charge is -2.45. The SMILES string of the molecule is C[C@@H](O[Si](C)(C)C(C)(C)C)[C@H]1C(=O)N[C@@H]1CC(O)c1cccc(CCO)c1. The number of β-lactam (4-membered cyclic amide) rings is 1. The van der Waals surface area contributed by atoms with Crippen molar-refractivity contribution in [1.82, 2.24) is 5.32 Å². The van der Waals surface area contributed by atoms with Crippen LogP contribution in [0.1, 0.15) is 51.3 Å². The van der Waals surface area contributed by atoms with Crippen LogP contribution in [-0.2, 0) is 15.6 Å². The highest BCUT2D eigenvalue weighted by molar-refractivity contribution is 6.74. The molecule has 0 saturated carbocycles. The van der Waals surface area contributed by atoms with Crippen molar-refractivity contribution >= 4 is 14.2 Å². The van der Waals surface area contributed by atoms with Crippen LogP contribution in [0.3, 0.4) is 0 Å². The van der Waals surface area contributed by atoms with E-state index in [1.807, 2.05) is 31.2 Å². The molecule has 5 nitrogen and oxygen atoms in total. The fourth-order valence-electron chi connectivity index (χ4n) is 3.38. The Balaban J connectivity index is 2.02. The Morgan fingerprint density at radius 3 is 2.52 bits per heavy atom. The molecule has 6 heteroatoms. The largest absolute Gasteiger partial charge is 0.413 e. The summed E-state index contributed by atoms with van der Waals surface area (Å²) < 4.78 is 6.41. The molecule has 152 valence electrons. The van der Waals surface area contributed by atoms with Gasteiger partial charge < -0.3 is 20.0 Å². The lowest BCUT2D eigenvalue weighted by atomic mass is 9.82.